The second-order valence-electron chi connectivity index (χ2n) is 1.59. The molecule has 0 saturated heterocycles. The summed E-state index contributed by atoms with van der Waals surface area (Å²) >= 11 is 4.07. The second-order valence-corrected chi connectivity index (χ2v) is 1.87. The maximum absolute atomic E-state index is 4.07. The molecule has 1 aromatic rings. The fraction of sp³-hybridized carbons (Fsp3) is 0.400. The zero-order valence-corrected chi connectivity index (χ0v) is 5.60. The zero-order chi connectivity index (χ0) is 5.98. The molecule has 1 heterocycles. The third kappa shape index (κ3) is 0.865. The molecule has 0 fully saturated rings. The van der Waals surface area contributed by atoms with Crippen molar-refractivity contribution < 1.29 is 0 Å². The van der Waals surface area contributed by atoms with E-state index >= 15 is 0 Å². The van der Waals surface area contributed by atoms with Gasteiger partial charge in [-0.1, -0.05) is 0 Å². The van der Waals surface area contributed by atoms with E-state index in [2.05, 4.69) is 17.6 Å². The van der Waals surface area contributed by atoms with E-state index in [-0.39, 0.29) is 0 Å². The molecule has 1 aromatic heterocycles. The first-order valence-electron chi connectivity index (χ1n) is 2.43. The number of thiol groups is 1. The number of hydrogen-bond donors (Lipinski definition) is 1. The lowest BCUT2D eigenvalue weighted by Crippen LogP contribution is -1.91. The summed E-state index contributed by atoms with van der Waals surface area (Å²) in [6, 6.07) is 0. The standard InChI is InChI=1S/C5H8N2S/c1-5-6-2-3-7(5)4-8/h2-3,8H,4H2,1H3. The molecule has 0 amide bonds. The molecule has 0 radical (unpaired) electrons. The molecule has 0 bridgehead atoms. The van der Waals surface area contributed by atoms with E-state index in [4.69, 9.17) is 0 Å². The number of nitrogens with zero attached hydrogens (tertiary/aromatic N) is 2. The highest BCUT2D eigenvalue weighted by atomic mass is 32.1. The maximum Gasteiger partial charge on any atom is 0.106 e. The largest absolute Gasteiger partial charge is 0.326 e. The molecule has 3 heteroatoms. The van der Waals surface area contributed by atoms with Crippen molar-refractivity contribution in [2.75, 3.05) is 0 Å². The Balaban J connectivity index is 2.92. The molecular formula is C5H8N2S. The lowest BCUT2D eigenvalue weighted by Gasteiger charge is -1.94. The number of rotatable bonds is 1. The van der Waals surface area contributed by atoms with Crippen LogP contribution in [0.1, 0.15) is 5.82 Å². The number of aryl methyl sites for hydroxylation is 1. The molecule has 2 nitrogen and oxygen atoms in total. The van der Waals surface area contributed by atoms with E-state index in [1.807, 2.05) is 17.7 Å². The molecule has 0 saturated carbocycles. The molecule has 0 aliphatic heterocycles. The van der Waals surface area contributed by atoms with E-state index in [1.54, 1.807) is 6.20 Å². The van der Waals surface area contributed by atoms with Gasteiger partial charge in [0.15, 0.2) is 0 Å². The van der Waals surface area contributed by atoms with Gasteiger partial charge in [-0.25, -0.2) is 4.98 Å². The van der Waals surface area contributed by atoms with E-state index in [0.717, 1.165) is 5.82 Å². The van der Waals surface area contributed by atoms with Crippen LogP contribution in [-0.4, -0.2) is 9.55 Å². The van der Waals surface area contributed by atoms with Crippen molar-refractivity contribution in [1.29, 1.82) is 0 Å². The zero-order valence-electron chi connectivity index (χ0n) is 4.70. The van der Waals surface area contributed by atoms with Gasteiger partial charge >= 0.3 is 0 Å². The molecule has 8 heavy (non-hydrogen) atoms. The second kappa shape index (κ2) is 2.22. The highest BCUT2D eigenvalue weighted by Gasteiger charge is 1.89. The summed E-state index contributed by atoms with van der Waals surface area (Å²) in [5.41, 5.74) is 0. The fourth-order valence-electron chi connectivity index (χ4n) is 0.553. The van der Waals surface area contributed by atoms with Crippen LogP contribution in [0.3, 0.4) is 0 Å². The van der Waals surface area contributed by atoms with Crippen LogP contribution >= 0.6 is 12.6 Å². The SMILES string of the molecule is Cc1nccn1CS. The van der Waals surface area contributed by atoms with Crippen LogP contribution in [0.5, 0.6) is 0 Å². The fourth-order valence-corrected chi connectivity index (χ4v) is 0.852. The Kier molecular flexibility index (Phi) is 1.58. The predicted molar refractivity (Wildman–Crippen MR) is 36.0 cm³/mol. The van der Waals surface area contributed by atoms with Crippen LogP contribution in [0.2, 0.25) is 0 Å². The smallest absolute Gasteiger partial charge is 0.106 e. The number of aromatic nitrogens is 2. The highest BCUT2D eigenvalue weighted by molar-refractivity contribution is 7.79. The normalized spacial score (nSPS) is 9.75. The van der Waals surface area contributed by atoms with Gasteiger partial charge in [-0.2, -0.15) is 12.6 Å². The Morgan fingerprint density at radius 3 is 2.88 bits per heavy atom. The van der Waals surface area contributed by atoms with Gasteiger partial charge in [-0.05, 0) is 6.92 Å². The Bertz CT molecular complexity index is 171. The molecule has 0 aliphatic carbocycles. The lowest BCUT2D eigenvalue weighted by molar-refractivity contribution is 0.843. The van der Waals surface area contributed by atoms with Crippen molar-refractivity contribution in [2.24, 2.45) is 0 Å². The molecule has 0 aliphatic rings. The maximum atomic E-state index is 4.07. The minimum Gasteiger partial charge on any atom is -0.326 e. The van der Waals surface area contributed by atoms with Crippen LogP contribution in [0.15, 0.2) is 12.4 Å². The predicted octanol–water partition coefficient (Wildman–Crippen LogP) is 1.08. The summed E-state index contributed by atoms with van der Waals surface area (Å²) in [5.74, 6) is 1.73. The Morgan fingerprint density at radius 2 is 2.62 bits per heavy atom. The van der Waals surface area contributed by atoms with Crippen LogP contribution in [0.4, 0.5) is 0 Å². The Morgan fingerprint density at radius 1 is 1.88 bits per heavy atom. The van der Waals surface area contributed by atoms with Crippen molar-refractivity contribution in [2.45, 2.75) is 12.8 Å². The van der Waals surface area contributed by atoms with Crippen LogP contribution in [0.25, 0.3) is 0 Å². The van der Waals surface area contributed by atoms with Gasteiger partial charge < -0.3 is 4.57 Å². The van der Waals surface area contributed by atoms with Crippen molar-refractivity contribution in [3.8, 4) is 0 Å². The van der Waals surface area contributed by atoms with Gasteiger partial charge in [0.1, 0.15) is 5.82 Å². The van der Waals surface area contributed by atoms with E-state index in [0.29, 0.717) is 5.88 Å². The third-order valence-electron chi connectivity index (χ3n) is 1.08. The van der Waals surface area contributed by atoms with Crippen LogP contribution in [0, 0.1) is 6.92 Å². The summed E-state index contributed by atoms with van der Waals surface area (Å²) in [7, 11) is 0. The van der Waals surface area contributed by atoms with Gasteiger partial charge in [-0.3, -0.25) is 0 Å². The van der Waals surface area contributed by atoms with Gasteiger partial charge in [0.2, 0.25) is 0 Å². The molecule has 0 N–H and O–H groups in total. The first-order chi connectivity index (χ1) is 3.84. The van der Waals surface area contributed by atoms with E-state index < -0.39 is 0 Å². The van der Waals surface area contributed by atoms with Crippen molar-refractivity contribution in [3.05, 3.63) is 18.2 Å². The van der Waals surface area contributed by atoms with Crippen LogP contribution < -0.4 is 0 Å². The Labute approximate surface area is 54.0 Å². The quantitative estimate of drug-likeness (QED) is 0.560. The molecular weight excluding hydrogens is 120 g/mol. The summed E-state index contributed by atoms with van der Waals surface area (Å²) in [4.78, 5) is 4.00. The van der Waals surface area contributed by atoms with Crippen LogP contribution in [-0.2, 0) is 5.88 Å². The van der Waals surface area contributed by atoms with E-state index in [1.165, 1.54) is 0 Å². The minimum atomic E-state index is 0.714. The molecule has 0 aromatic carbocycles. The van der Waals surface area contributed by atoms with Gasteiger partial charge in [0, 0.05) is 12.4 Å². The summed E-state index contributed by atoms with van der Waals surface area (Å²) < 4.78 is 1.96. The average molecular weight is 128 g/mol. The third-order valence-corrected chi connectivity index (χ3v) is 1.38. The molecule has 0 spiro atoms. The molecule has 0 unspecified atom stereocenters. The van der Waals surface area contributed by atoms with Gasteiger partial charge in [0.25, 0.3) is 0 Å². The first kappa shape index (κ1) is 5.69. The molecule has 44 valence electrons. The summed E-state index contributed by atoms with van der Waals surface area (Å²) in [6.07, 6.45) is 3.67. The van der Waals surface area contributed by atoms with Gasteiger partial charge in [-0.15, -0.1) is 0 Å². The first-order valence-corrected chi connectivity index (χ1v) is 3.06. The Hall–Kier alpha value is -0.440. The summed E-state index contributed by atoms with van der Waals surface area (Å²) in [5, 5.41) is 0. The number of imidazole rings is 1. The van der Waals surface area contributed by atoms with Crippen molar-refractivity contribution in [3.63, 3.8) is 0 Å². The van der Waals surface area contributed by atoms with Crippen molar-refractivity contribution >= 4 is 12.6 Å². The lowest BCUT2D eigenvalue weighted by atomic mass is 10.7. The summed E-state index contributed by atoms with van der Waals surface area (Å²) in [6.45, 7) is 1.95. The molecule has 0 atom stereocenters. The number of hydrogen-bond acceptors (Lipinski definition) is 2. The van der Waals surface area contributed by atoms with Crippen molar-refractivity contribution in [1.82, 2.24) is 9.55 Å². The average Bonchev–Trinajstić information content (AvgIpc) is 2.14. The monoisotopic (exact) mass is 128 g/mol. The van der Waals surface area contributed by atoms with Gasteiger partial charge in [0.05, 0.1) is 5.88 Å². The molecule has 1 rings (SSSR count). The topological polar surface area (TPSA) is 17.8 Å². The highest BCUT2D eigenvalue weighted by Crippen LogP contribution is 1.94. The minimum absolute atomic E-state index is 0.714. The van der Waals surface area contributed by atoms with E-state index in [9.17, 15) is 0 Å².